The maximum atomic E-state index is 14.4. The third kappa shape index (κ3) is 33.7. The van der Waals surface area contributed by atoms with Gasteiger partial charge in [0, 0.05) is 109 Å². The smallest absolute Gasteiger partial charge is 0.306 e. The molecule has 130 heavy (non-hydrogen) atoms. The fourth-order valence-corrected chi connectivity index (χ4v) is 16.5. The third-order valence-electron chi connectivity index (χ3n) is 24.1. The Morgan fingerprint density at radius 1 is 0.531 bits per heavy atom. The molecule has 4 aromatic carbocycles. The van der Waals surface area contributed by atoms with Gasteiger partial charge in [-0.15, -0.1) is 0 Å². The highest BCUT2D eigenvalue weighted by Crippen LogP contribution is 2.51. The van der Waals surface area contributed by atoms with Gasteiger partial charge in [0.1, 0.15) is 41.1 Å². The summed E-state index contributed by atoms with van der Waals surface area (Å²) < 4.78 is 94.7. The van der Waals surface area contributed by atoms with E-state index in [1.54, 1.807) is 34.4 Å². The molecular formula is C97H141N5O28. The molecule has 5 amide bonds. The molecule has 33 nitrogen and oxygen atoms in total. The van der Waals surface area contributed by atoms with Crippen molar-refractivity contribution in [2.24, 2.45) is 28.6 Å². The van der Waals surface area contributed by atoms with Crippen molar-refractivity contribution in [3.8, 4) is 11.5 Å². The molecule has 722 valence electrons. The summed E-state index contributed by atoms with van der Waals surface area (Å²) in [6.07, 6.45) is 2.03. The minimum absolute atomic E-state index is 0.0578. The molecule has 0 saturated carbocycles. The largest absolute Gasteiger partial charge is 0.497 e. The first-order valence-electron chi connectivity index (χ1n) is 45.5. The maximum absolute atomic E-state index is 14.4. The van der Waals surface area contributed by atoms with Gasteiger partial charge in [-0.25, -0.2) is 0 Å². The van der Waals surface area contributed by atoms with Crippen LogP contribution in [0.25, 0.3) is 0 Å². The summed E-state index contributed by atoms with van der Waals surface area (Å²) in [5, 5.41) is 14.9. The van der Waals surface area contributed by atoms with Crippen molar-refractivity contribution >= 4 is 65.0 Å². The van der Waals surface area contributed by atoms with Gasteiger partial charge in [0.25, 0.3) is 11.8 Å². The number of carbonyl (C=O) groups excluding carboxylic acids is 10. The van der Waals surface area contributed by atoms with Crippen molar-refractivity contribution in [1.82, 2.24) is 25.3 Å². The molecule has 7 rings (SSSR count). The first kappa shape index (κ1) is 108. The van der Waals surface area contributed by atoms with E-state index in [9.17, 15) is 57.8 Å². The van der Waals surface area contributed by atoms with Gasteiger partial charge in [-0.1, -0.05) is 128 Å². The van der Waals surface area contributed by atoms with Crippen LogP contribution in [0.2, 0.25) is 0 Å². The van der Waals surface area contributed by atoms with Crippen molar-refractivity contribution in [3.05, 3.63) is 130 Å². The summed E-state index contributed by atoms with van der Waals surface area (Å²) in [7, 11) is 6.37. The number of rotatable bonds is 61. The predicted molar refractivity (Wildman–Crippen MR) is 478 cm³/mol. The molecule has 4 unspecified atom stereocenters. The number of nitrogens with one attached hydrogen (secondary N) is 2. The van der Waals surface area contributed by atoms with Crippen molar-refractivity contribution in [2.45, 2.75) is 208 Å². The van der Waals surface area contributed by atoms with E-state index in [1.165, 1.54) is 49.6 Å². The lowest BCUT2D eigenvalue weighted by molar-refractivity contribution is -0.271. The molecular weight excluding hydrogens is 1680 g/mol. The highest BCUT2D eigenvalue weighted by Gasteiger charge is 2.56. The van der Waals surface area contributed by atoms with Crippen LogP contribution in [0.1, 0.15) is 196 Å². The van der Waals surface area contributed by atoms with Crippen LogP contribution in [0, 0.1) is 28.6 Å². The van der Waals surface area contributed by atoms with Gasteiger partial charge >= 0.3 is 23.9 Å². The second kappa shape index (κ2) is 55.8. The minimum atomic E-state index is -1.19. The molecule has 3 heterocycles. The average molecular weight is 1830 g/mol. The standard InChI is InChI=1S/C97H141N5O28/c1-15-82-67(4)89(127-70(7)105)81(58-66(3)103)93(129-82)123-56-54-121-52-50-119-49-47-118-45-43-101(12)92(114)80-60-72(30-39-79(80)91(113)100(11)42-44-117-46-48-120-51-53-122-55-57-124-94-88(99-69(6)104)90(128-71(8)106)68(5)83(16-2)130-94)59-76(107)61-98-84(108)28-24-19-17-18-20-25-29-85(109)102-62-95(9,64-125-87(112)41-40-86(110)111)96(10,63-102)65-126-97(73-26-22-21-23-27-73,74-31-35-77(115-13)36-32-74)75-33-37-78(116-14)38-34-75/h21-23,26-27,30-39,60,67-68,81-83,88-90,93-94H,15-20,24-25,28-29,40-59,61-65H2,1-14H3,(H,98,108)(H,99,104)(H,110,111)/t67-,68-,81+,82+,83+,88+,89-,90-,93?,94?,95?,96?/m0/s1. The Morgan fingerprint density at radius 3 is 1.49 bits per heavy atom. The number of unbranched alkanes of at least 4 members (excludes halogenated alkanes) is 5. The Morgan fingerprint density at radius 2 is 0.992 bits per heavy atom. The number of hydrogen-bond acceptors (Lipinski definition) is 27. The van der Waals surface area contributed by atoms with Gasteiger partial charge in [-0.05, 0) is 91.3 Å². The second-order valence-electron chi connectivity index (χ2n) is 34.1. The highest BCUT2D eigenvalue weighted by molar-refractivity contribution is 6.07. The molecule has 0 aromatic heterocycles. The predicted octanol–water partition coefficient (Wildman–Crippen LogP) is 10.1. The van der Waals surface area contributed by atoms with E-state index in [0.717, 1.165) is 42.4 Å². The van der Waals surface area contributed by atoms with Gasteiger partial charge < -0.3 is 111 Å². The molecule has 0 aliphatic carbocycles. The Balaban J connectivity index is 0.865. The van der Waals surface area contributed by atoms with Crippen molar-refractivity contribution < 1.29 is 134 Å². The number of ether oxygens (including phenoxy) is 16. The quantitative estimate of drug-likeness (QED) is 0.0160. The Bertz CT molecular complexity index is 4150. The van der Waals surface area contributed by atoms with Gasteiger partial charge in [-0.2, -0.15) is 0 Å². The maximum Gasteiger partial charge on any atom is 0.306 e. The Hall–Kier alpha value is -9.39. The molecule has 3 fully saturated rings. The van der Waals surface area contributed by atoms with Gasteiger partial charge in [0.2, 0.25) is 17.7 Å². The number of benzene rings is 4. The first-order valence-corrected chi connectivity index (χ1v) is 45.5. The number of nitrogens with zero attached hydrogens (tertiary/aromatic N) is 3. The van der Waals surface area contributed by atoms with Crippen LogP contribution in [-0.4, -0.2) is 295 Å². The van der Waals surface area contributed by atoms with Crippen LogP contribution >= 0.6 is 0 Å². The van der Waals surface area contributed by atoms with Crippen molar-refractivity contribution in [3.63, 3.8) is 0 Å². The van der Waals surface area contributed by atoms with Gasteiger partial charge in [0.15, 0.2) is 18.4 Å². The van der Waals surface area contributed by atoms with E-state index in [0.29, 0.717) is 42.7 Å². The molecule has 3 aliphatic heterocycles. The molecule has 3 aliphatic rings. The van der Waals surface area contributed by atoms with E-state index in [4.69, 9.17) is 75.8 Å². The first-order chi connectivity index (χ1) is 62.3. The van der Waals surface area contributed by atoms with E-state index in [2.05, 4.69) is 10.6 Å². The third-order valence-corrected chi connectivity index (χ3v) is 24.1. The minimum Gasteiger partial charge on any atom is -0.497 e. The van der Waals surface area contributed by atoms with Gasteiger partial charge in [0.05, 0.1) is 169 Å². The van der Waals surface area contributed by atoms with Crippen LogP contribution in [0.5, 0.6) is 11.5 Å². The topological polar surface area (TPSA) is 389 Å². The summed E-state index contributed by atoms with van der Waals surface area (Å²) in [5.41, 5.74) is 0.240. The number of likely N-dealkylation sites (N-methyl/N-ethyl adjacent to an activating group) is 2. The number of hydrogen-bond donors (Lipinski definition) is 3. The second-order valence-corrected chi connectivity index (χ2v) is 34.1. The summed E-state index contributed by atoms with van der Waals surface area (Å²) in [5.74, 6) is -4.20. The lowest BCUT2D eigenvalue weighted by atomic mass is 9.68. The summed E-state index contributed by atoms with van der Waals surface area (Å²) >= 11 is 0. The number of methoxy groups -OCH3 is 2. The lowest BCUT2D eigenvalue weighted by Crippen LogP contribution is -2.62. The van der Waals surface area contributed by atoms with E-state index in [1.807, 2.05) is 125 Å². The van der Waals surface area contributed by atoms with Gasteiger partial charge in [-0.3, -0.25) is 47.9 Å². The monoisotopic (exact) mass is 1820 g/mol. The van der Waals surface area contributed by atoms with Crippen LogP contribution in [-0.2, 0) is 121 Å². The summed E-state index contributed by atoms with van der Waals surface area (Å²) in [6, 6.07) is 29.2. The number of carbonyl (C=O) groups is 11. The van der Waals surface area contributed by atoms with Crippen LogP contribution in [0.3, 0.4) is 0 Å². The Labute approximate surface area is 765 Å². The molecule has 4 aromatic rings. The van der Waals surface area contributed by atoms with Crippen LogP contribution in [0.4, 0.5) is 0 Å². The van der Waals surface area contributed by atoms with Crippen molar-refractivity contribution in [1.29, 1.82) is 0 Å². The number of carboxylic acid groups (broad SMARTS) is 1. The number of aliphatic carboxylic acids is 1. The number of carboxylic acids is 1. The molecule has 3 saturated heterocycles. The van der Waals surface area contributed by atoms with Crippen molar-refractivity contribution in [2.75, 3.05) is 167 Å². The molecule has 0 spiro atoms. The Kier molecular flexibility index (Phi) is 46.2. The van der Waals surface area contributed by atoms with E-state index in [-0.39, 0.29) is 241 Å². The zero-order chi connectivity index (χ0) is 94.8. The van der Waals surface area contributed by atoms with E-state index >= 15 is 0 Å². The zero-order valence-corrected chi connectivity index (χ0v) is 78.6. The lowest BCUT2D eigenvalue weighted by Gasteiger charge is -2.44. The summed E-state index contributed by atoms with van der Waals surface area (Å²) in [4.78, 5) is 147. The summed E-state index contributed by atoms with van der Waals surface area (Å²) in [6.45, 7) is 20.7. The van der Waals surface area contributed by atoms with E-state index < -0.39 is 88.9 Å². The number of likely N-dealkylation sites (tertiary alicyclic amines) is 1. The van der Waals surface area contributed by atoms with Crippen LogP contribution in [0.15, 0.2) is 97.1 Å². The molecule has 33 heteroatoms. The fraction of sp³-hybridized carbons (Fsp3) is 0.639. The number of amides is 5. The zero-order valence-electron chi connectivity index (χ0n) is 78.6. The number of ketones is 2. The number of esters is 3. The molecule has 0 bridgehead atoms. The normalized spacial score (nSPS) is 21.4. The molecule has 3 N–H and O–H groups in total. The number of Topliss-reactive ketones (excluding diaryl/α,β-unsaturated/α-hetero) is 2. The SMILES string of the molecule is CC[C@H]1OC(OCCOCCOCCOCCN(C)C(=O)c2cc(CC(=O)CNC(=O)CCCCCCCCC(=O)N3CC(C)(COC(=O)CCC(=O)O)C(C)(COC(c4ccccc4)(c4ccc(OC)cc4)c4ccc(OC)cc4)C3)ccc2C(=O)N(C)CCOCCOCCOCCOC2O[C@H](CC)[C@H](C)[C@H](OC(C)=O)[C@H]2NC(C)=O)[C@H](CC(C)=O)[C@@H](OC(C)=O)[C@H]1C. The molecule has 12 atom stereocenters. The van der Waals surface area contributed by atoms with Crippen LogP contribution < -0.4 is 20.1 Å². The molecule has 0 radical (unpaired) electrons. The average Bonchev–Trinajstić information content (AvgIpc) is 1.72. The highest BCUT2D eigenvalue weighted by atomic mass is 16.7. The fourth-order valence-electron chi connectivity index (χ4n) is 16.5.